The molecule has 7 heteroatoms. The van der Waals surface area contributed by atoms with Crippen molar-refractivity contribution in [2.45, 2.75) is 38.8 Å². The van der Waals surface area contributed by atoms with Crippen molar-refractivity contribution < 1.29 is 27.9 Å². The van der Waals surface area contributed by atoms with Crippen molar-refractivity contribution in [3.05, 3.63) is 35.4 Å². The number of benzene rings is 1. The fourth-order valence-electron chi connectivity index (χ4n) is 2.23. The van der Waals surface area contributed by atoms with E-state index in [0.29, 0.717) is 31.4 Å². The Kier molecular flexibility index (Phi) is 7.06. The fraction of sp³-hybridized carbons (Fsp3) is 0.500. The van der Waals surface area contributed by atoms with Crippen LogP contribution in [0, 0.1) is 0 Å². The minimum Gasteiger partial charge on any atom is -0.480 e. The van der Waals surface area contributed by atoms with Gasteiger partial charge in [-0.05, 0) is 30.9 Å². The highest BCUT2D eigenvalue weighted by Crippen LogP contribution is 2.29. The molecule has 0 radical (unpaired) electrons. The topological polar surface area (TPSA) is 57.6 Å². The van der Waals surface area contributed by atoms with Crippen LogP contribution >= 0.6 is 0 Å². The lowest BCUT2D eigenvalue weighted by atomic mass is 10.0. The molecule has 1 aromatic carbocycles. The van der Waals surface area contributed by atoms with Crippen LogP contribution in [0.1, 0.15) is 37.3 Å². The average Bonchev–Trinajstić information content (AvgIpc) is 2.45. The molecule has 0 aromatic heterocycles. The lowest BCUT2D eigenvalue weighted by Crippen LogP contribution is -2.36. The van der Waals surface area contributed by atoms with Crippen molar-refractivity contribution in [3.8, 4) is 0 Å². The Balaban J connectivity index is 2.55. The predicted molar refractivity (Wildman–Crippen MR) is 78.9 cm³/mol. The summed E-state index contributed by atoms with van der Waals surface area (Å²) in [4.78, 5) is 23.9. The van der Waals surface area contributed by atoms with Gasteiger partial charge in [0.2, 0.25) is 5.91 Å². The Bertz CT molecular complexity index is 544. The molecular weight excluding hydrogens is 311 g/mol. The molecule has 0 saturated carbocycles. The SMILES string of the molecule is CCCN(CC(=O)O)C(=O)CCCc1cccc(C(F)(F)F)c1. The Morgan fingerprint density at radius 1 is 1.26 bits per heavy atom. The zero-order valence-electron chi connectivity index (χ0n) is 12.9. The van der Waals surface area contributed by atoms with Crippen LogP contribution < -0.4 is 0 Å². The molecule has 0 fully saturated rings. The summed E-state index contributed by atoms with van der Waals surface area (Å²) >= 11 is 0. The van der Waals surface area contributed by atoms with Crippen LogP contribution in [0.2, 0.25) is 0 Å². The van der Waals surface area contributed by atoms with E-state index in [0.717, 1.165) is 12.1 Å². The number of halogens is 3. The van der Waals surface area contributed by atoms with Gasteiger partial charge < -0.3 is 10.0 Å². The molecule has 0 bridgehead atoms. The number of aliphatic carboxylic acids is 1. The summed E-state index contributed by atoms with van der Waals surface area (Å²) in [5, 5.41) is 8.77. The van der Waals surface area contributed by atoms with Crippen LogP contribution in [0.25, 0.3) is 0 Å². The summed E-state index contributed by atoms with van der Waals surface area (Å²) < 4.78 is 37.8. The van der Waals surface area contributed by atoms with E-state index in [1.165, 1.54) is 11.0 Å². The molecule has 0 heterocycles. The first-order valence-corrected chi connectivity index (χ1v) is 7.39. The smallest absolute Gasteiger partial charge is 0.416 e. The largest absolute Gasteiger partial charge is 0.480 e. The molecule has 0 aliphatic carbocycles. The lowest BCUT2D eigenvalue weighted by molar-refractivity contribution is -0.144. The minimum absolute atomic E-state index is 0.115. The van der Waals surface area contributed by atoms with Crippen molar-refractivity contribution in [1.29, 1.82) is 0 Å². The summed E-state index contributed by atoms with van der Waals surface area (Å²) in [6, 6.07) is 5.00. The molecule has 23 heavy (non-hydrogen) atoms. The predicted octanol–water partition coefficient (Wildman–Crippen LogP) is 3.35. The molecule has 1 aromatic rings. The summed E-state index contributed by atoms with van der Waals surface area (Å²) in [6.07, 6.45) is -2.91. The second-order valence-corrected chi connectivity index (χ2v) is 5.26. The van der Waals surface area contributed by atoms with Crippen LogP contribution in [0.5, 0.6) is 0 Å². The molecule has 0 saturated heterocycles. The van der Waals surface area contributed by atoms with Crippen LogP contribution in [-0.2, 0) is 22.2 Å². The summed E-state index contributed by atoms with van der Waals surface area (Å²) in [5.74, 6) is -1.37. The maximum absolute atomic E-state index is 12.6. The third kappa shape index (κ3) is 6.71. The van der Waals surface area contributed by atoms with Gasteiger partial charge >= 0.3 is 12.1 Å². The van der Waals surface area contributed by atoms with Gasteiger partial charge in [-0.1, -0.05) is 25.1 Å². The number of hydrogen-bond acceptors (Lipinski definition) is 2. The number of aryl methyl sites for hydroxylation is 1. The highest BCUT2D eigenvalue weighted by Gasteiger charge is 2.30. The maximum Gasteiger partial charge on any atom is 0.416 e. The zero-order valence-corrected chi connectivity index (χ0v) is 12.9. The number of nitrogens with zero attached hydrogens (tertiary/aromatic N) is 1. The molecule has 0 spiro atoms. The van der Waals surface area contributed by atoms with Crippen molar-refractivity contribution >= 4 is 11.9 Å². The van der Waals surface area contributed by atoms with Gasteiger partial charge in [0, 0.05) is 13.0 Å². The molecule has 0 aliphatic heterocycles. The van der Waals surface area contributed by atoms with Gasteiger partial charge in [-0.2, -0.15) is 13.2 Å². The summed E-state index contributed by atoms with van der Waals surface area (Å²) in [7, 11) is 0. The molecule has 1 rings (SSSR count). The van der Waals surface area contributed by atoms with E-state index >= 15 is 0 Å². The van der Waals surface area contributed by atoms with E-state index < -0.39 is 17.7 Å². The number of carboxylic acid groups (broad SMARTS) is 1. The van der Waals surface area contributed by atoms with E-state index in [2.05, 4.69) is 0 Å². The summed E-state index contributed by atoms with van der Waals surface area (Å²) in [6.45, 7) is 1.84. The second kappa shape index (κ2) is 8.55. The number of carbonyl (C=O) groups is 2. The Labute approximate surface area is 132 Å². The summed E-state index contributed by atoms with van der Waals surface area (Å²) in [5.41, 5.74) is -0.201. The Morgan fingerprint density at radius 2 is 1.96 bits per heavy atom. The van der Waals surface area contributed by atoms with Crippen LogP contribution in [0.4, 0.5) is 13.2 Å². The first-order chi connectivity index (χ1) is 10.7. The normalized spacial score (nSPS) is 11.3. The standard InChI is InChI=1S/C16H20F3NO3/c1-2-9-20(11-15(22)23)14(21)8-4-6-12-5-3-7-13(10-12)16(17,18)19/h3,5,7,10H,2,4,6,8-9,11H2,1H3,(H,22,23). The van der Waals surface area contributed by atoms with Crippen LogP contribution in [-0.4, -0.2) is 35.0 Å². The molecular formula is C16H20F3NO3. The third-order valence-corrected chi connectivity index (χ3v) is 3.28. The molecule has 0 aliphatic rings. The molecule has 0 atom stereocenters. The second-order valence-electron chi connectivity index (χ2n) is 5.26. The molecule has 0 unspecified atom stereocenters. The fourth-order valence-corrected chi connectivity index (χ4v) is 2.23. The molecule has 1 N–H and O–H groups in total. The monoisotopic (exact) mass is 331 g/mol. The minimum atomic E-state index is -4.38. The van der Waals surface area contributed by atoms with Crippen molar-refractivity contribution in [2.75, 3.05) is 13.1 Å². The van der Waals surface area contributed by atoms with E-state index in [-0.39, 0.29) is 18.9 Å². The molecule has 128 valence electrons. The Morgan fingerprint density at radius 3 is 2.52 bits per heavy atom. The van der Waals surface area contributed by atoms with Gasteiger partial charge in [0.15, 0.2) is 0 Å². The zero-order chi connectivity index (χ0) is 17.5. The van der Waals surface area contributed by atoms with E-state index in [1.54, 1.807) is 6.07 Å². The van der Waals surface area contributed by atoms with Gasteiger partial charge in [0.25, 0.3) is 0 Å². The lowest BCUT2D eigenvalue weighted by Gasteiger charge is -2.19. The number of alkyl halides is 3. The molecule has 4 nitrogen and oxygen atoms in total. The van der Waals surface area contributed by atoms with E-state index in [9.17, 15) is 22.8 Å². The number of amides is 1. The van der Waals surface area contributed by atoms with Gasteiger partial charge in [0.05, 0.1) is 5.56 Å². The maximum atomic E-state index is 12.6. The molecule has 1 amide bonds. The van der Waals surface area contributed by atoms with Gasteiger partial charge in [-0.3, -0.25) is 9.59 Å². The number of carbonyl (C=O) groups excluding carboxylic acids is 1. The van der Waals surface area contributed by atoms with Gasteiger partial charge in [0.1, 0.15) is 6.54 Å². The van der Waals surface area contributed by atoms with Gasteiger partial charge in [-0.25, -0.2) is 0 Å². The number of carboxylic acids is 1. The highest BCUT2D eigenvalue weighted by molar-refractivity contribution is 5.81. The quantitative estimate of drug-likeness (QED) is 0.795. The first-order valence-electron chi connectivity index (χ1n) is 7.39. The average molecular weight is 331 g/mol. The Hall–Kier alpha value is -2.05. The van der Waals surface area contributed by atoms with Crippen LogP contribution in [0.3, 0.4) is 0 Å². The van der Waals surface area contributed by atoms with Crippen molar-refractivity contribution in [1.82, 2.24) is 4.90 Å². The number of rotatable bonds is 8. The highest BCUT2D eigenvalue weighted by atomic mass is 19.4. The van der Waals surface area contributed by atoms with E-state index in [4.69, 9.17) is 5.11 Å². The van der Waals surface area contributed by atoms with E-state index in [1.807, 2.05) is 6.92 Å². The van der Waals surface area contributed by atoms with Gasteiger partial charge in [-0.15, -0.1) is 0 Å². The van der Waals surface area contributed by atoms with Crippen LogP contribution in [0.15, 0.2) is 24.3 Å². The number of hydrogen-bond donors (Lipinski definition) is 1. The van der Waals surface area contributed by atoms with Crippen molar-refractivity contribution in [2.24, 2.45) is 0 Å². The van der Waals surface area contributed by atoms with Crippen molar-refractivity contribution in [3.63, 3.8) is 0 Å². The third-order valence-electron chi connectivity index (χ3n) is 3.28. The first kappa shape index (κ1) is 19.0.